The van der Waals surface area contributed by atoms with Gasteiger partial charge in [0.15, 0.2) is 0 Å². The van der Waals surface area contributed by atoms with Crippen LogP contribution in [0.1, 0.15) is 96.6 Å². The Bertz CT molecular complexity index is 999. The maximum Gasteiger partial charge on any atom is 0.305 e. The highest BCUT2D eigenvalue weighted by Gasteiger charge is 2.12. The summed E-state index contributed by atoms with van der Waals surface area (Å²) in [7, 11) is 0. The van der Waals surface area contributed by atoms with E-state index in [-0.39, 0.29) is 5.97 Å². The van der Waals surface area contributed by atoms with Gasteiger partial charge >= 0.3 is 5.97 Å². The maximum atomic E-state index is 11.3. The minimum absolute atomic E-state index is 0.0569. The van der Waals surface area contributed by atoms with E-state index in [0.717, 1.165) is 59.9 Å². The van der Waals surface area contributed by atoms with E-state index in [2.05, 4.69) is 41.2 Å². The van der Waals surface area contributed by atoms with Crippen molar-refractivity contribution in [3.63, 3.8) is 0 Å². The maximum absolute atomic E-state index is 11.3. The van der Waals surface area contributed by atoms with Gasteiger partial charge in [0, 0.05) is 24.4 Å². The molecule has 6 nitrogen and oxygen atoms in total. The van der Waals surface area contributed by atoms with E-state index in [9.17, 15) is 4.79 Å². The van der Waals surface area contributed by atoms with Crippen molar-refractivity contribution in [3.8, 4) is 17.1 Å². The largest absolute Gasteiger partial charge is 0.491 e. The number of hydrogen-bond acceptors (Lipinski definition) is 4. The molecule has 3 rings (SSSR count). The van der Waals surface area contributed by atoms with E-state index in [1.54, 1.807) is 0 Å². The van der Waals surface area contributed by atoms with Gasteiger partial charge in [-0.05, 0) is 63.0 Å². The first kappa shape index (κ1) is 27.6. The lowest BCUT2D eigenvalue weighted by Crippen LogP contribution is -2.03. The third kappa shape index (κ3) is 9.56. The van der Waals surface area contributed by atoms with Crippen LogP contribution in [-0.2, 0) is 9.53 Å². The molecule has 0 spiro atoms. The summed E-state index contributed by atoms with van der Waals surface area (Å²) in [6.45, 7) is 5.15. The van der Waals surface area contributed by atoms with Crippen molar-refractivity contribution in [2.24, 2.45) is 4.99 Å². The molecule has 0 fully saturated rings. The zero-order valence-electron chi connectivity index (χ0n) is 22.1. The quantitative estimate of drug-likeness (QED) is 0.163. The molecule has 0 bridgehead atoms. The molecular weight excluding hydrogens is 450 g/mol. The summed E-state index contributed by atoms with van der Waals surface area (Å²) < 4.78 is 10.9. The number of aliphatic imine (C=N–C) groups is 1. The number of ether oxygens (including phenoxy) is 2. The van der Waals surface area contributed by atoms with Gasteiger partial charge in [-0.15, -0.1) is 0 Å². The van der Waals surface area contributed by atoms with Crippen LogP contribution in [-0.4, -0.2) is 34.9 Å². The molecular formula is C30H43N3O3. The highest BCUT2D eigenvalue weighted by Crippen LogP contribution is 2.29. The average molecular weight is 494 g/mol. The minimum Gasteiger partial charge on any atom is -0.491 e. The Labute approximate surface area is 216 Å². The number of carbonyl (C=O) groups excluding carboxylic acids is 1. The lowest BCUT2D eigenvalue weighted by atomic mass is 10.0. The first-order valence-corrected chi connectivity index (χ1v) is 13.8. The topological polar surface area (TPSA) is 79.5 Å². The number of nitrogens with one attached hydrogen (secondary N) is 2. The van der Waals surface area contributed by atoms with Crippen LogP contribution < -0.4 is 4.74 Å². The lowest BCUT2D eigenvalue weighted by Gasteiger charge is -2.03. The fraction of sp³-hybridized carbons (Fsp3) is 0.533. The van der Waals surface area contributed by atoms with Gasteiger partial charge in [-0.1, -0.05) is 51.9 Å². The number of H-pyrrole nitrogens is 2. The summed E-state index contributed by atoms with van der Waals surface area (Å²) in [6.07, 6.45) is 21.7. The molecule has 0 saturated heterocycles. The monoisotopic (exact) mass is 493 g/mol. The van der Waals surface area contributed by atoms with E-state index in [4.69, 9.17) is 14.5 Å². The summed E-state index contributed by atoms with van der Waals surface area (Å²) in [5, 5.41) is 0. The van der Waals surface area contributed by atoms with Gasteiger partial charge in [-0.25, -0.2) is 0 Å². The molecule has 1 aliphatic rings. The average Bonchev–Trinajstić information content (AvgIpc) is 3.63. The number of nitrogens with zero attached hydrogens (tertiary/aromatic N) is 1. The van der Waals surface area contributed by atoms with Crippen molar-refractivity contribution in [2.75, 3.05) is 13.2 Å². The van der Waals surface area contributed by atoms with E-state index in [0.29, 0.717) is 19.6 Å². The molecule has 36 heavy (non-hydrogen) atoms. The molecule has 0 amide bonds. The lowest BCUT2D eigenvalue weighted by molar-refractivity contribution is -0.143. The number of aromatic amines is 2. The molecule has 0 aliphatic carbocycles. The van der Waals surface area contributed by atoms with E-state index in [1.807, 2.05) is 25.3 Å². The second kappa shape index (κ2) is 15.9. The van der Waals surface area contributed by atoms with E-state index >= 15 is 0 Å². The number of hydrogen-bond donors (Lipinski definition) is 2. The molecule has 1 aliphatic heterocycles. The third-order valence-electron chi connectivity index (χ3n) is 6.29. The molecule has 196 valence electrons. The Hall–Kier alpha value is -3.02. The Balaban J connectivity index is 1.33. The molecule has 3 heterocycles. The molecule has 6 heteroatoms. The minimum atomic E-state index is -0.0569. The van der Waals surface area contributed by atoms with Crippen molar-refractivity contribution < 1.29 is 14.3 Å². The number of esters is 1. The normalized spacial score (nSPS) is 13.9. The number of allylic oxidation sites excluding steroid dienone is 2. The summed E-state index contributed by atoms with van der Waals surface area (Å²) in [4.78, 5) is 22.9. The molecule has 0 atom stereocenters. The Morgan fingerprint density at radius 1 is 0.972 bits per heavy atom. The van der Waals surface area contributed by atoms with Crippen LogP contribution in [0.4, 0.5) is 0 Å². The predicted molar refractivity (Wildman–Crippen MR) is 148 cm³/mol. The summed E-state index contributed by atoms with van der Waals surface area (Å²) in [6, 6.07) is 6.10. The third-order valence-corrected chi connectivity index (χ3v) is 6.29. The highest BCUT2D eigenvalue weighted by molar-refractivity contribution is 5.99. The number of carbonyl (C=O) groups is 1. The second-order valence-electron chi connectivity index (χ2n) is 9.39. The molecule has 2 N–H and O–H groups in total. The van der Waals surface area contributed by atoms with Crippen molar-refractivity contribution in [2.45, 2.75) is 90.9 Å². The molecule has 0 radical (unpaired) electrons. The van der Waals surface area contributed by atoms with Gasteiger partial charge in [-0.3, -0.25) is 9.79 Å². The van der Waals surface area contributed by atoms with Gasteiger partial charge < -0.3 is 19.4 Å². The van der Waals surface area contributed by atoms with Gasteiger partial charge in [0.1, 0.15) is 5.75 Å². The SMILES string of the molecule is CCCOc1cc(-c2ccc[nH]2)[nH]c1/C=C1\C=CC(CCCCCCCCCCCC(=O)OCC)=N1. The first-order valence-electron chi connectivity index (χ1n) is 13.8. The van der Waals surface area contributed by atoms with Crippen molar-refractivity contribution in [1.29, 1.82) is 0 Å². The van der Waals surface area contributed by atoms with Crippen LogP contribution in [0.5, 0.6) is 5.75 Å². The van der Waals surface area contributed by atoms with Gasteiger partial charge in [0.05, 0.1) is 36.0 Å². The van der Waals surface area contributed by atoms with Crippen LogP contribution in [0.2, 0.25) is 0 Å². The zero-order valence-corrected chi connectivity index (χ0v) is 22.1. The van der Waals surface area contributed by atoms with E-state index in [1.165, 1.54) is 44.9 Å². The van der Waals surface area contributed by atoms with Crippen LogP contribution in [0.25, 0.3) is 17.5 Å². The summed E-state index contributed by atoms with van der Waals surface area (Å²) >= 11 is 0. The number of unbranched alkanes of at least 4 members (excludes halogenated alkanes) is 8. The smallest absolute Gasteiger partial charge is 0.305 e. The van der Waals surface area contributed by atoms with Crippen LogP contribution in [0, 0.1) is 0 Å². The predicted octanol–water partition coefficient (Wildman–Crippen LogP) is 8.00. The first-order chi connectivity index (χ1) is 17.7. The molecule has 0 unspecified atom stereocenters. The van der Waals surface area contributed by atoms with Gasteiger partial charge in [0.2, 0.25) is 0 Å². The zero-order chi connectivity index (χ0) is 25.4. The van der Waals surface area contributed by atoms with Gasteiger partial charge in [0.25, 0.3) is 0 Å². The fourth-order valence-corrected chi connectivity index (χ4v) is 4.37. The molecule has 0 saturated carbocycles. The fourth-order valence-electron chi connectivity index (χ4n) is 4.37. The highest BCUT2D eigenvalue weighted by atomic mass is 16.5. The van der Waals surface area contributed by atoms with Crippen molar-refractivity contribution in [1.82, 2.24) is 9.97 Å². The second-order valence-corrected chi connectivity index (χ2v) is 9.39. The van der Waals surface area contributed by atoms with Crippen LogP contribution in [0.15, 0.2) is 47.2 Å². The van der Waals surface area contributed by atoms with Crippen LogP contribution in [0.3, 0.4) is 0 Å². The standard InChI is InChI=1S/C30H43N3O3/c1-3-21-36-29-23-27(26-16-14-20-31-26)33-28(29)22-25-19-18-24(32-25)15-12-10-8-6-5-7-9-11-13-17-30(34)35-4-2/h14,16,18-20,22-23,31,33H,3-13,15,17,21H2,1-2H3/b25-22+. The molecule has 0 aromatic carbocycles. The Morgan fingerprint density at radius 2 is 1.72 bits per heavy atom. The Kier molecular flexibility index (Phi) is 12.2. The molecule has 2 aromatic rings. The van der Waals surface area contributed by atoms with Gasteiger partial charge in [-0.2, -0.15) is 0 Å². The summed E-state index contributed by atoms with van der Waals surface area (Å²) in [5.41, 5.74) is 5.14. The van der Waals surface area contributed by atoms with Crippen LogP contribution >= 0.6 is 0 Å². The van der Waals surface area contributed by atoms with Crippen molar-refractivity contribution >= 4 is 17.8 Å². The molecule has 2 aromatic heterocycles. The number of aromatic nitrogens is 2. The van der Waals surface area contributed by atoms with Crippen molar-refractivity contribution in [3.05, 3.63) is 47.9 Å². The number of rotatable bonds is 18. The Morgan fingerprint density at radius 3 is 2.42 bits per heavy atom. The van der Waals surface area contributed by atoms with E-state index < -0.39 is 0 Å². The summed E-state index contributed by atoms with van der Waals surface area (Å²) in [5.74, 6) is 0.809.